The summed E-state index contributed by atoms with van der Waals surface area (Å²) in [6, 6.07) is 12.2. The summed E-state index contributed by atoms with van der Waals surface area (Å²) in [4.78, 5) is 19.5. The molecule has 1 aliphatic rings. The van der Waals surface area contributed by atoms with E-state index in [9.17, 15) is 4.79 Å². The molecule has 0 spiro atoms. The second kappa shape index (κ2) is 8.96. The summed E-state index contributed by atoms with van der Waals surface area (Å²) < 4.78 is 7.18. The van der Waals surface area contributed by atoms with E-state index in [-0.39, 0.29) is 17.9 Å². The lowest BCUT2D eigenvalue weighted by molar-refractivity contribution is -0.126. The van der Waals surface area contributed by atoms with Gasteiger partial charge in [0.05, 0.1) is 12.8 Å². The molecule has 1 aliphatic heterocycles. The first-order valence-corrected chi connectivity index (χ1v) is 11.1. The number of ether oxygens (including phenoxy) is 1. The molecule has 1 atom stereocenters. The van der Waals surface area contributed by atoms with Gasteiger partial charge in [0.2, 0.25) is 5.91 Å². The minimum atomic E-state index is 0.0798. The number of methoxy groups -OCH3 is 1. The number of rotatable bonds is 6. The van der Waals surface area contributed by atoms with Gasteiger partial charge in [0, 0.05) is 48.4 Å². The molecule has 0 bridgehead atoms. The SMILES string of the molecule is CCC(C)NC(=O)C1CCN(c2cc(C)nc3cc(-c4ccc(OC)cc4)nn23)CC1. The molecule has 1 N–H and O–H groups in total. The number of piperidine rings is 1. The molecule has 1 fully saturated rings. The van der Waals surface area contributed by atoms with Gasteiger partial charge in [0.1, 0.15) is 11.6 Å². The molecule has 7 heteroatoms. The predicted octanol–water partition coefficient (Wildman–Crippen LogP) is 3.84. The van der Waals surface area contributed by atoms with Crippen LogP contribution in [0.15, 0.2) is 36.4 Å². The molecule has 31 heavy (non-hydrogen) atoms. The fourth-order valence-corrected chi connectivity index (χ4v) is 4.04. The van der Waals surface area contributed by atoms with Crippen molar-refractivity contribution in [2.24, 2.45) is 5.92 Å². The molecule has 1 amide bonds. The fourth-order valence-electron chi connectivity index (χ4n) is 4.04. The Morgan fingerprint density at radius 1 is 1.23 bits per heavy atom. The molecule has 7 nitrogen and oxygen atoms in total. The van der Waals surface area contributed by atoms with E-state index >= 15 is 0 Å². The Morgan fingerprint density at radius 2 is 1.94 bits per heavy atom. The van der Waals surface area contributed by atoms with Gasteiger partial charge < -0.3 is 15.0 Å². The van der Waals surface area contributed by atoms with Gasteiger partial charge in [-0.3, -0.25) is 4.79 Å². The lowest BCUT2D eigenvalue weighted by atomic mass is 9.95. The highest BCUT2D eigenvalue weighted by Crippen LogP contribution is 2.28. The van der Waals surface area contributed by atoms with Crippen LogP contribution < -0.4 is 15.0 Å². The van der Waals surface area contributed by atoms with E-state index in [2.05, 4.69) is 35.1 Å². The van der Waals surface area contributed by atoms with E-state index < -0.39 is 0 Å². The highest BCUT2D eigenvalue weighted by Gasteiger charge is 2.27. The third-order valence-electron chi connectivity index (χ3n) is 6.11. The molecule has 3 aromatic rings. The van der Waals surface area contributed by atoms with Crippen molar-refractivity contribution in [2.75, 3.05) is 25.1 Å². The number of fused-ring (bicyclic) bond motifs is 1. The number of anilines is 1. The van der Waals surface area contributed by atoms with Crippen molar-refractivity contribution < 1.29 is 9.53 Å². The Bertz CT molecular complexity index is 1050. The summed E-state index contributed by atoms with van der Waals surface area (Å²) in [5.41, 5.74) is 3.69. The van der Waals surface area contributed by atoms with Crippen LogP contribution in [0.25, 0.3) is 16.9 Å². The van der Waals surface area contributed by atoms with Crippen molar-refractivity contribution in [1.82, 2.24) is 19.9 Å². The Labute approximate surface area is 183 Å². The molecule has 0 saturated carbocycles. The van der Waals surface area contributed by atoms with Crippen molar-refractivity contribution in [3.05, 3.63) is 42.1 Å². The van der Waals surface area contributed by atoms with Crippen molar-refractivity contribution in [2.45, 2.75) is 46.1 Å². The zero-order valence-electron chi connectivity index (χ0n) is 18.8. The molecular weight excluding hydrogens is 390 g/mol. The van der Waals surface area contributed by atoms with Crippen molar-refractivity contribution in [3.8, 4) is 17.0 Å². The lowest BCUT2D eigenvalue weighted by Crippen LogP contribution is -2.43. The fraction of sp³-hybridized carbons (Fsp3) is 0.458. The number of benzene rings is 1. The quantitative estimate of drug-likeness (QED) is 0.655. The summed E-state index contributed by atoms with van der Waals surface area (Å²) in [7, 11) is 1.66. The number of nitrogens with one attached hydrogen (secondary N) is 1. The average molecular weight is 422 g/mol. The van der Waals surface area contributed by atoms with Crippen molar-refractivity contribution in [3.63, 3.8) is 0 Å². The van der Waals surface area contributed by atoms with Crippen molar-refractivity contribution >= 4 is 17.4 Å². The Balaban J connectivity index is 1.55. The molecule has 2 aromatic heterocycles. The molecule has 0 aliphatic carbocycles. The van der Waals surface area contributed by atoms with E-state index in [4.69, 9.17) is 9.84 Å². The minimum Gasteiger partial charge on any atom is -0.497 e. The van der Waals surface area contributed by atoms with Crippen LogP contribution in [0.1, 0.15) is 38.8 Å². The molecule has 1 unspecified atom stereocenters. The number of hydrogen-bond acceptors (Lipinski definition) is 5. The smallest absolute Gasteiger partial charge is 0.223 e. The van der Waals surface area contributed by atoms with Crippen LogP contribution in [-0.2, 0) is 4.79 Å². The van der Waals surface area contributed by atoms with Crippen LogP contribution in [-0.4, -0.2) is 46.7 Å². The highest BCUT2D eigenvalue weighted by molar-refractivity contribution is 5.79. The van der Waals surface area contributed by atoms with Crippen LogP contribution in [0.5, 0.6) is 5.75 Å². The molecule has 1 aromatic carbocycles. The van der Waals surface area contributed by atoms with Gasteiger partial charge in [-0.05, 0) is 57.4 Å². The van der Waals surface area contributed by atoms with Gasteiger partial charge in [-0.2, -0.15) is 9.61 Å². The van der Waals surface area contributed by atoms with E-state index in [0.29, 0.717) is 0 Å². The second-order valence-corrected chi connectivity index (χ2v) is 8.36. The Kier molecular flexibility index (Phi) is 6.11. The zero-order chi connectivity index (χ0) is 22.0. The van der Waals surface area contributed by atoms with Gasteiger partial charge in [0.25, 0.3) is 0 Å². The lowest BCUT2D eigenvalue weighted by Gasteiger charge is -2.33. The molecule has 3 heterocycles. The van der Waals surface area contributed by atoms with Crippen LogP contribution in [0.2, 0.25) is 0 Å². The van der Waals surface area contributed by atoms with E-state index in [0.717, 1.165) is 66.5 Å². The highest BCUT2D eigenvalue weighted by atomic mass is 16.5. The summed E-state index contributed by atoms with van der Waals surface area (Å²) in [5, 5.41) is 7.98. The van der Waals surface area contributed by atoms with Crippen LogP contribution in [0.3, 0.4) is 0 Å². The number of carbonyl (C=O) groups excluding carboxylic acids is 1. The number of nitrogens with zero attached hydrogens (tertiary/aromatic N) is 4. The van der Waals surface area contributed by atoms with E-state index in [1.807, 2.05) is 41.8 Å². The first-order valence-electron chi connectivity index (χ1n) is 11.1. The monoisotopic (exact) mass is 421 g/mol. The number of aromatic nitrogens is 3. The standard InChI is InChI=1S/C24H31N5O2/c1-5-16(2)26-24(30)19-10-12-28(13-11-19)23-14-17(3)25-22-15-21(27-29(22)23)18-6-8-20(31-4)9-7-18/h6-9,14-16,19H,5,10-13H2,1-4H3,(H,26,30). The van der Waals surface area contributed by atoms with Gasteiger partial charge in [0.15, 0.2) is 5.65 Å². The Hall–Kier alpha value is -3.09. The second-order valence-electron chi connectivity index (χ2n) is 8.36. The van der Waals surface area contributed by atoms with Gasteiger partial charge in [-0.25, -0.2) is 4.98 Å². The van der Waals surface area contributed by atoms with Crippen LogP contribution in [0, 0.1) is 12.8 Å². The number of aryl methyl sites for hydroxylation is 1. The van der Waals surface area contributed by atoms with Crippen molar-refractivity contribution in [1.29, 1.82) is 0 Å². The summed E-state index contributed by atoms with van der Waals surface area (Å²) >= 11 is 0. The third-order valence-corrected chi connectivity index (χ3v) is 6.11. The molecule has 4 rings (SSSR count). The first kappa shape index (κ1) is 21.2. The first-order chi connectivity index (χ1) is 15.0. The predicted molar refractivity (Wildman–Crippen MR) is 123 cm³/mol. The maximum absolute atomic E-state index is 12.5. The maximum atomic E-state index is 12.5. The largest absolute Gasteiger partial charge is 0.497 e. The van der Waals surface area contributed by atoms with Gasteiger partial charge >= 0.3 is 0 Å². The number of carbonyl (C=O) groups is 1. The molecule has 0 radical (unpaired) electrons. The molecule has 1 saturated heterocycles. The van der Waals surface area contributed by atoms with E-state index in [1.165, 1.54) is 0 Å². The average Bonchev–Trinajstić information content (AvgIpc) is 3.22. The molecule has 164 valence electrons. The summed E-state index contributed by atoms with van der Waals surface area (Å²) in [6.07, 6.45) is 2.64. The topological polar surface area (TPSA) is 71.8 Å². The van der Waals surface area contributed by atoms with Gasteiger partial charge in [-0.15, -0.1) is 0 Å². The zero-order valence-corrected chi connectivity index (χ0v) is 18.8. The summed E-state index contributed by atoms with van der Waals surface area (Å²) in [5.74, 6) is 2.12. The normalized spacial score (nSPS) is 15.8. The van der Waals surface area contributed by atoms with Crippen LogP contribution >= 0.6 is 0 Å². The minimum absolute atomic E-state index is 0.0798. The Morgan fingerprint density at radius 3 is 2.58 bits per heavy atom. The van der Waals surface area contributed by atoms with Gasteiger partial charge in [-0.1, -0.05) is 6.92 Å². The number of hydrogen-bond donors (Lipinski definition) is 1. The number of amides is 1. The van der Waals surface area contributed by atoms with E-state index in [1.54, 1.807) is 7.11 Å². The maximum Gasteiger partial charge on any atom is 0.223 e. The third kappa shape index (κ3) is 4.50. The summed E-state index contributed by atoms with van der Waals surface area (Å²) in [6.45, 7) is 7.82. The molecular formula is C24H31N5O2. The van der Waals surface area contributed by atoms with Crippen LogP contribution in [0.4, 0.5) is 5.82 Å².